The van der Waals surface area contributed by atoms with Gasteiger partial charge in [0.2, 0.25) is 0 Å². The van der Waals surface area contributed by atoms with Gasteiger partial charge in [-0.15, -0.1) is 10.2 Å². The van der Waals surface area contributed by atoms with E-state index in [9.17, 15) is 18.4 Å². The molecule has 0 spiro atoms. The molecule has 95 heavy (non-hydrogen) atoms. The van der Waals surface area contributed by atoms with Crippen molar-refractivity contribution >= 4 is 57.2 Å². The van der Waals surface area contributed by atoms with E-state index >= 15 is 35.1 Å². The summed E-state index contributed by atoms with van der Waals surface area (Å²) in [7, 11) is 2.61. The molecule has 0 bridgehead atoms. The van der Waals surface area contributed by atoms with Crippen LogP contribution in [-0.2, 0) is 53.4 Å². The van der Waals surface area contributed by atoms with Crippen molar-refractivity contribution in [1.29, 1.82) is 0 Å². The fourth-order valence-corrected chi connectivity index (χ4v) is 10.4. The van der Waals surface area contributed by atoms with E-state index in [0.717, 1.165) is 36.4 Å². The first-order chi connectivity index (χ1) is 45.8. The molecular formula is C62H40Cl2F10N14O7. The van der Waals surface area contributed by atoms with Crippen LogP contribution in [0, 0.1) is 58.2 Å². The second-order valence-electron chi connectivity index (χ2n) is 20.6. The summed E-state index contributed by atoms with van der Waals surface area (Å²) in [6.07, 6.45) is 6.90. The maximum Gasteiger partial charge on any atom is 0.346 e. The van der Waals surface area contributed by atoms with E-state index in [0.29, 0.717) is 35.9 Å². The molecule has 8 heterocycles. The second-order valence-corrected chi connectivity index (χ2v) is 21.4. The van der Waals surface area contributed by atoms with Crippen LogP contribution >= 0.6 is 23.2 Å². The lowest BCUT2D eigenvalue weighted by Crippen LogP contribution is -2.15. The second kappa shape index (κ2) is 27.1. The Kier molecular flexibility index (Phi) is 18.3. The van der Waals surface area contributed by atoms with Crippen LogP contribution in [0.1, 0.15) is 54.6 Å². The van der Waals surface area contributed by atoms with Crippen molar-refractivity contribution in [2.24, 2.45) is 0 Å². The van der Waals surface area contributed by atoms with Crippen molar-refractivity contribution < 1.29 is 77.2 Å². The summed E-state index contributed by atoms with van der Waals surface area (Å²) >= 11 is 12.8. The molecule has 12 aromatic rings. The van der Waals surface area contributed by atoms with E-state index in [4.69, 9.17) is 46.9 Å². The molecule has 0 saturated heterocycles. The summed E-state index contributed by atoms with van der Waals surface area (Å²) in [4.78, 5) is 52.3. The molecule has 12 rings (SSSR count). The summed E-state index contributed by atoms with van der Waals surface area (Å²) in [5, 5.41) is 15.3. The normalized spacial score (nSPS) is 11.6. The molecule has 0 aliphatic heterocycles. The van der Waals surface area contributed by atoms with Crippen molar-refractivity contribution in [2.45, 2.75) is 39.1 Å². The van der Waals surface area contributed by atoms with Gasteiger partial charge in [-0.1, -0.05) is 33.6 Å². The van der Waals surface area contributed by atoms with Gasteiger partial charge in [0, 0.05) is 98.1 Å². The number of hydrogen-bond acceptors (Lipinski definition) is 17. The number of fused-ring (bicyclic) bond motifs is 2. The van der Waals surface area contributed by atoms with Gasteiger partial charge in [-0.2, -0.15) is 0 Å². The SMILES string of the molecule is COCCn1c(Cc2c(F)cc(-c3ccc(F)c(OCc4cnc(-n5ccnn5)cc4Cl)n3)c(F)c2F)nc2c(F)cc(C(=O)OC(=O)c3cc(F)c4nc(Cc5c(F)cc(-c6ccc(F)c(OCc7cnc(-n8ccnn8)cc7Cl)n6)c(F)c5F)n(CCOC)c4c3)cc21. The van der Waals surface area contributed by atoms with Gasteiger partial charge in [-0.3, -0.25) is 0 Å². The van der Waals surface area contributed by atoms with Gasteiger partial charge in [0.1, 0.15) is 47.5 Å². The van der Waals surface area contributed by atoms with Crippen LogP contribution in [0.5, 0.6) is 11.8 Å². The van der Waals surface area contributed by atoms with Crippen molar-refractivity contribution in [3.05, 3.63) is 223 Å². The predicted octanol–water partition coefficient (Wildman–Crippen LogP) is 11.8. The molecular weight excluding hydrogens is 1310 g/mol. The fourth-order valence-electron chi connectivity index (χ4n) is 9.97. The number of methoxy groups -OCH3 is 2. The van der Waals surface area contributed by atoms with E-state index in [1.807, 2.05) is 0 Å². The standard InChI is InChI=1S/C62H40Cl2F10N14O7/c1-91-13-11-85-47-17-29(15-43(69)57(47)81-51(85)21-33-41(67)19-35(55(73)53(33)71)45-5-3-39(65)59(79-45)93-27-31-25-75-49(23-37(31)63)87-9-7-77-83-87)61(89)95-62(90)30-16-44(70)58-48(18-30)86(12-14-92-2)52(82-58)22-34-42(68)20-36(56(74)54(34)72)46-6-4-40(66)60(80-46)94-28-32-26-76-50(24-38(32)64)88-10-8-78-84-88/h3-10,15-20,23-26H,11-14,21-22,27-28H2,1-2H3. The van der Waals surface area contributed by atoms with Crippen molar-refractivity contribution in [3.8, 4) is 45.9 Å². The Hall–Kier alpha value is -10.8. The van der Waals surface area contributed by atoms with Crippen LogP contribution in [0.3, 0.4) is 0 Å². The van der Waals surface area contributed by atoms with Gasteiger partial charge in [0.15, 0.2) is 58.2 Å². The monoisotopic (exact) mass is 1350 g/mol. The van der Waals surface area contributed by atoms with E-state index in [2.05, 4.69) is 50.5 Å². The van der Waals surface area contributed by atoms with Gasteiger partial charge < -0.3 is 32.8 Å². The zero-order valence-corrected chi connectivity index (χ0v) is 50.2. The topological polar surface area (TPSA) is 229 Å². The average Bonchev–Trinajstić information content (AvgIpc) is 1.69. The van der Waals surface area contributed by atoms with Gasteiger partial charge in [-0.25, -0.2) is 92.8 Å². The van der Waals surface area contributed by atoms with Crippen LogP contribution in [0.4, 0.5) is 43.9 Å². The summed E-state index contributed by atoms with van der Waals surface area (Å²) in [6, 6.07) is 11.1. The van der Waals surface area contributed by atoms with Gasteiger partial charge in [0.25, 0.3) is 11.8 Å². The van der Waals surface area contributed by atoms with E-state index < -0.39 is 151 Å². The molecule has 0 amide bonds. The van der Waals surface area contributed by atoms with E-state index in [1.165, 1.54) is 82.0 Å². The van der Waals surface area contributed by atoms with Crippen LogP contribution in [0.2, 0.25) is 10.0 Å². The summed E-state index contributed by atoms with van der Waals surface area (Å²) in [6.45, 7) is -1.41. The Bertz CT molecular complexity index is 4680. The number of esters is 2. The molecule has 4 aromatic carbocycles. The first-order valence-electron chi connectivity index (χ1n) is 27.8. The van der Waals surface area contributed by atoms with E-state index in [1.54, 1.807) is 0 Å². The zero-order valence-electron chi connectivity index (χ0n) is 48.7. The first kappa shape index (κ1) is 64.3. The summed E-state index contributed by atoms with van der Waals surface area (Å²) < 4.78 is 191. The van der Waals surface area contributed by atoms with Crippen molar-refractivity contribution in [3.63, 3.8) is 0 Å². The average molecular weight is 1350 g/mol. The zero-order chi connectivity index (χ0) is 66.9. The quantitative estimate of drug-likeness (QED) is 0.0266. The maximum absolute atomic E-state index is 16.2. The summed E-state index contributed by atoms with van der Waals surface area (Å²) in [5.41, 5.74) is -5.98. The van der Waals surface area contributed by atoms with E-state index in [-0.39, 0.29) is 83.4 Å². The Balaban J connectivity index is 0.763. The van der Waals surface area contributed by atoms with Crippen LogP contribution in [0.25, 0.3) is 56.2 Å². The molecule has 0 aliphatic carbocycles. The van der Waals surface area contributed by atoms with Crippen LogP contribution in [0.15, 0.2) is 110 Å². The number of imidazole rings is 2. The predicted molar refractivity (Wildman–Crippen MR) is 314 cm³/mol. The van der Waals surface area contributed by atoms with Crippen molar-refractivity contribution in [2.75, 3.05) is 27.4 Å². The Morgan fingerprint density at radius 1 is 0.495 bits per heavy atom. The largest absolute Gasteiger partial charge is 0.471 e. The number of nitrogens with zero attached hydrogens (tertiary/aromatic N) is 14. The number of halogens is 12. The highest BCUT2D eigenvalue weighted by molar-refractivity contribution is 6.31. The molecule has 0 saturated carbocycles. The maximum atomic E-state index is 16.2. The molecule has 0 atom stereocenters. The Labute approximate surface area is 537 Å². The molecule has 33 heteroatoms. The van der Waals surface area contributed by atoms with Gasteiger partial charge in [-0.05, 0) is 60.7 Å². The lowest BCUT2D eigenvalue weighted by Gasteiger charge is -2.13. The third kappa shape index (κ3) is 13.0. The molecule has 0 N–H and O–H groups in total. The minimum atomic E-state index is -1.71. The number of carbonyl (C=O) groups is 2. The van der Waals surface area contributed by atoms with Crippen molar-refractivity contribution in [1.82, 2.24) is 69.0 Å². The first-order valence-corrected chi connectivity index (χ1v) is 28.6. The van der Waals surface area contributed by atoms with Crippen LogP contribution in [-0.4, -0.2) is 108 Å². The lowest BCUT2D eigenvalue weighted by molar-refractivity contribution is 0.0397. The molecule has 21 nitrogen and oxygen atoms in total. The number of rotatable bonds is 22. The molecule has 0 radical (unpaired) electrons. The Morgan fingerprint density at radius 3 is 1.29 bits per heavy atom. The van der Waals surface area contributed by atoms with Crippen LogP contribution < -0.4 is 9.47 Å². The molecule has 0 aliphatic rings. The van der Waals surface area contributed by atoms with Gasteiger partial charge in [0.05, 0.1) is 81.6 Å². The highest BCUT2D eigenvalue weighted by atomic mass is 35.5. The molecule has 0 unspecified atom stereocenters. The number of hydrogen-bond donors (Lipinski definition) is 0. The number of carbonyl (C=O) groups excluding carboxylic acids is 2. The number of benzene rings is 4. The lowest BCUT2D eigenvalue weighted by atomic mass is 10.0. The highest BCUT2D eigenvalue weighted by Crippen LogP contribution is 2.36. The number of aromatic nitrogens is 14. The molecule has 8 aromatic heterocycles. The molecule has 0 fully saturated rings. The fraction of sp³-hybridized carbons (Fsp3) is 0.161. The Morgan fingerprint density at radius 2 is 0.916 bits per heavy atom. The number of pyridine rings is 4. The minimum Gasteiger partial charge on any atom is -0.471 e. The van der Waals surface area contributed by atoms with Gasteiger partial charge >= 0.3 is 11.9 Å². The third-order valence-corrected chi connectivity index (χ3v) is 15.4. The highest BCUT2D eigenvalue weighted by Gasteiger charge is 2.29. The summed E-state index contributed by atoms with van der Waals surface area (Å²) in [5.74, 6) is -17.9. The smallest absolute Gasteiger partial charge is 0.346 e. The minimum absolute atomic E-state index is 0.125. The molecule has 484 valence electrons. The third-order valence-electron chi connectivity index (χ3n) is 14.7. The number of ether oxygens (including phenoxy) is 5.